The lowest BCUT2D eigenvalue weighted by atomic mass is 10.2. The van der Waals surface area contributed by atoms with Crippen LogP contribution in [-0.4, -0.2) is 99.5 Å². The maximum absolute atomic E-state index is 13.7. The molecule has 0 unspecified atom stereocenters. The summed E-state index contributed by atoms with van der Waals surface area (Å²) in [5.41, 5.74) is 0.902. The third-order valence-corrected chi connectivity index (χ3v) is 9.04. The molecule has 0 saturated carbocycles. The number of carbonyl (C=O) groups excluding carboxylic acids is 2. The Morgan fingerprint density at radius 1 is 1.05 bits per heavy atom. The van der Waals surface area contributed by atoms with E-state index >= 15 is 0 Å². The third-order valence-electron chi connectivity index (χ3n) is 6.09. The molecule has 0 radical (unpaired) electrons. The predicted molar refractivity (Wildman–Crippen MR) is 144 cm³/mol. The zero-order chi connectivity index (χ0) is 27.4. The van der Waals surface area contributed by atoms with E-state index in [-0.39, 0.29) is 49.4 Å². The molecule has 0 spiro atoms. The second kappa shape index (κ2) is 11.7. The van der Waals surface area contributed by atoms with Crippen LogP contribution in [0.4, 0.5) is 14.3 Å². The van der Waals surface area contributed by atoms with E-state index in [0.29, 0.717) is 34.0 Å². The van der Waals surface area contributed by atoms with Gasteiger partial charge < -0.3 is 14.5 Å². The lowest BCUT2D eigenvalue weighted by Gasteiger charge is -2.33. The van der Waals surface area contributed by atoms with Crippen LogP contribution < -0.4 is 4.90 Å². The molecule has 13 heteroatoms. The lowest BCUT2D eigenvalue weighted by molar-refractivity contribution is 0.0933. The molecular formula is C25H30FN5O5S2. The van der Waals surface area contributed by atoms with Gasteiger partial charge >= 0.3 is 6.09 Å². The number of aromatic nitrogens is 1. The SMILES string of the molecule is CCOC(=O)N1CCN(S(=O)(=O)c2ccc(C(=O)N(CCN(C)C)c3nc4ccc(F)cc4s3)cc2)CC1. The number of benzene rings is 2. The summed E-state index contributed by atoms with van der Waals surface area (Å²) in [6, 6.07) is 10.1. The summed E-state index contributed by atoms with van der Waals surface area (Å²) >= 11 is 1.22. The van der Waals surface area contributed by atoms with Crippen LogP contribution in [0, 0.1) is 5.82 Å². The number of fused-ring (bicyclic) bond motifs is 1. The van der Waals surface area contributed by atoms with Crippen molar-refractivity contribution in [3.8, 4) is 0 Å². The molecule has 204 valence electrons. The molecule has 3 aromatic rings. The largest absolute Gasteiger partial charge is 0.450 e. The van der Waals surface area contributed by atoms with E-state index in [1.54, 1.807) is 13.0 Å². The van der Waals surface area contributed by atoms with Crippen molar-refractivity contribution in [1.29, 1.82) is 0 Å². The summed E-state index contributed by atoms with van der Waals surface area (Å²) in [4.78, 5) is 35.0. The average Bonchev–Trinajstić information content (AvgIpc) is 3.31. The smallest absolute Gasteiger partial charge is 0.409 e. The van der Waals surface area contributed by atoms with Crippen molar-refractivity contribution in [2.45, 2.75) is 11.8 Å². The van der Waals surface area contributed by atoms with Crippen LogP contribution in [0.25, 0.3) is 10.2 Å². The van der Waals surface area contributed by atoms with Crippen LogP contribution in [0.5, 0.6) is 0 Å². The molecule has 4 rings (SSSR count). The van der Waals surface area contributed by atoms with Gasteiger partial charge in [0, 0.05) is 44.8 Å². The molecule has 10 nitrogen and oxygen atoms in total. The van der Waals surface area contributed by atoms with Crippen LogP contribution in [0.3, 0.4) is 0 Å². The van der Waals surface area contributed by atoms with Gasteiger partial charge in [0.15, 0.2) is 5.13 Å². The Kier molecular flexibility index (Phi) is 8.61. The Labute approximate surface area is 225 Å². The fraction of sp³-hybridized carbons (Fsp3) is 0.400. The number of hydrogen-bond donors (Lipinski definition) is 0. The number of thiazole rings is 1. The monoisotopic (exact) mass is 563 g/mol. The second-order valence-electron chi connectivity index (χ2n) is 8.98. The quantitative estimate of drug-likeness (QED) is 0.415. The summed E-state index contributed by atoms with van der Waals surface area (Å²) in [7, 11) is -0.0211. The van der Waals surface area contributed by atoms with Crippen LogP contribution >= 0.6 is 11.3 Å². The first kappa shape index (κ1) is 27.9. The normalized spacial score (nSPS) is 14.7. The number of likely N-dealkylation sites (N-methyl/N-ethyl adjacent to an activating group) is 1. The topological polar surface area (TPSA) is 103 Å². The van der Waals surface area contributed by atoms with E-state index in [9.17, 15) is 22.4 Å². The zero-order valence-corrected chi connectivity index (χ0v) is 23.1. The van der Waals surface area contributed by atoms with Gasteiger partial charge in [0.05, 0.1) is 21.7 Å². The van der Waals surface area contributed by atoms with Crippen molar-refractivity contribution in [3.05, 3.63) is 53.8 Å². The third kappa shape index (κ3) is 6.12. The van der Waals surface area contributed by atoms with Crippen LogP contribution in [-0.2, 0) is 14.8 Å². The highest BCUT2D eigenvalue weighted by atomic mass is 32.2. The van der Waals surface area contributed by atoms with Crippen molar-refractivity contribution in [1.82, 2.24) is 19.1 Å². The zero-order valence-electron chi connectivity index (χ0n) is 21.5. The van der Waals surface area contributed by atoms with Gasteiger partial charge in [-0.15, -0.1) is 0 Å². The summed E-state index contributed by atoms with van der Waals surface area (Å²) in [5, 5.41) is 0.439. The Morgan fingerprint density at radius 2 is 1.74 bits per heavy atom. The molecule has 0 atom stereocenters. The Balaban J connectivity index is 1.52. The van der Waals surface area contributed by atoms with Crippen LogP contribution in [0.15, 0.2) is 47.4 Å². The van der Waals surface area contributed by atoms with Crippen molar-refractivity contribution in [2.75, 3.05) is 64.9 Å². The molecule has 2 aromatic carbocycles. The van der Waals surface area contributed by atoms with Gasteiger partial charge in [0.1, 0.15) is 5.82 Å². The van der Waals surface area contributed by atoms with Crippen molar-refractivity contribution >= 4 is 48.7 Å². The maximum atomic E-state index is 13.7. The number of anilines is 1. The van der Waals surface area contributed by atoms with Gasteiger partial charge in [0.2, 0.25) is 10.0 Å². The summed E-state index contributed by atoms with van der Waals surface area (Å²) in [6.45, 7) is 3.67. The molecule has 2 heterocycles. The maximum Gasteiger partial charge on any atom is 0.409 e. The fourth-order valence-electron chi connectivity index (χ4n) is 3.99. The summed E-state index contributed by atoms with van der Waals surface area (Å²) in [5.74, 6) is -0.712. The average molecular weight is 564 g/mol. The summed E-state index contributed by atoms with van der Waals surface area (Å²) < 4.78 is 47.0. The van der Waals surface area contributed by atoms with Gasteiger partial charge in [-0.3, -0.25) is 9.69 Å². The number of ether oxygens (including phenoxy) is 1. The van der Waals surface area contributed by atoms with Crippen molar-refractivity contribution in [2.24, 2.45) is 0 Å². The number of nitrogens with zero attached hydrogens (tertiary/aromatic N) is 5. The molecule has 1 aliphatic rings. The van der Waals surface area contributed by atoms with Gasteiger partial charge in [-0.2, -0.15) is 4.31 Å². The number of hydrogen-bond acceptors (Lipinski definition) is 8. The standard InChI is InChI=1S/C25H30FN5O5S2/c1-4-36-25(33)29-12-14-30(15-13-29)38(34,35)20-8-5-18(6-9-20)23(32)31(16-11-28(2)3)24-27-21-10-7-19(26)17-22(21)37-24/h5-10,17H,4,11-16H2,1-3H3. The van der Waals surface area contributed by atoms with Gasteiger partial charge in [-0.25, -0.2) is 22.6 Å². The Hall–Kier alpha value is -3.13. The first-order chi connectivity index (χ1) is 18.1. The number of sulfonamides is 1. The molecule has 1 aromatic heterocycles. The predicted octanol–water partition coefficient (Wildman–Crippen LogP) is 3.11. The number of carbonyl (C=O) groups is 2. The molecule has 0 bridgehead atoms. The van der Waals surface area contributed by atoms with Gasteiger partial charge in [-0.1, -0.05) is 11.3 Å². The first-order valence-corrected chi connectivity index (χ1v) is 14.4. The van der Waals surface area contributed by atoms with Gasteiger partial charge in [0.25, 0.3) is 5.91 Å². The molecule has 0 N–H and O–H groups in total. The number of amides is 2. The highest BCUT2D eigenvalue weighted by Crippen LogP contribution is 2.30. The van der Waals surface area contributed by atoms with E-state index in [2.05, 4.69) is 4.98 Å². The highest BCUT2D eigenvalue weighted by molar-refractivity contribution is 7.89. The number of piperazine rings is 1. The Bertz CT molecular complexity index is 1400. The molecule has 38 heavy (non-hydrogen) atoms. The highest BCUT2D eigenvalue weighted by Gasteiger charge is 2.31. The number of halogens is 1. The van der Waals surface area contributed by atoms with E-state index < -0.39 is 16.1 Å². The summed E-state index contributed by atoms with van der Waals surface area (Å²) in [6.07, 6.45) is -0.454. The van der Waals surface area contributed by atoms with E-state index in [1.807, 2.05) is 19.0 Å². The van der Waals surface area contributed by atoms with E-state index in [4.69, 9.17) is 4.74 Å². The fourth-order valence-corrected chi connectivity index (χ4v) is 6.42. The molecular weight excluding hydrogens is 533 g/mol. The molecule has 1 saturated heterocycles. The Morgan fingerprint density at radius 3 is 2.37 bits per heavy atom. The van der Waals surface area contributed by atoms with Gasteiger partial charge in [-0.05, 0) is 63.5 Å². The lowest BCUT2D eigenvalue weighted by Crippen LogP contribution is -2.50. The van der Waals surface area contributed by atoms with E-state index in [1.165, 1.54) is 61.8 Å². The molecule has 1 fully saturated rings. The van der Waals surface area contributed by atoms with Crippen molar-refractivity contribution in [3.63, 3.8) is 0 Å². The van der Waals surface area contributed by atoms with Crippen molar-refractivity contribution < 1.29 is 27.1 Å². The minimum atomic E-state index is -3.80. The van der Waals surface area contributed by atoms with Crippen LogP contribution in [0.1, 0.15) is 17.3 Å². The minimum Gasteiger partial charge on any atom is -0.450 e. The van der Waals surface area contributed by atoms with E-state index in [0.717, 1.165) is 0 Å². The first-order valence-electron chi connectivity index (χ1n) is 12.1. The second-order valence-corrected chi connectivity index (χ2v) is 11.9. The molecule has 2 amide bonds. The minimum absolute atomic E-state index is 0.0638. The van der Waals surface area contributed by atoms with Crippen LogP contribution in [0.2, 0.25) is 0 Å². The number of rotatable bonds is 8. The molecule has 1 aliphatic heterocycles. The molecule has 0 aliphatic carbocycles.